The van der Waals surface area contributed by atoms with Crippen LogP contribution in [-0.4, -0.2) is 94.8 Å². The molecule has 0 bridgehead atoms. The highest BCUT2D eigenvalue weighted by Gasteiger charge is 2.91. The number of hydrogen-bond donors (Lipinski definition) is 3. The van der Waals surface area contributed by atoms with Gasteiger partial charge in [-0.2, -0.15) is 0 Å². The molecule has 15 unspecified atom stereocenters. The fraction of sp³-hybridized carbons (Fsp3) is 0.795. The molecule has 5 saturated heterocycles. The van der Waals surface area contributed by atoms with E-state index >= 15 is 0 Å². The molecule has 56 heavy (non-hydrogen) atoms. The van der Waals surface area contributed by atoms with Crippen molar-refractivity contribution in [3.63, 3.8) is 0 Å². The number of furan rings is 1. The molecular formula is C44H58N2O10. The SMILES string of the molecule is CC1(C)OC2C3(CCCC3)C(=O)OCC23C1C(=O)C(O)C1(C)C3CCC2(C)C(c3ccoc3CC(CO)C3CCC4C(C=CN5CNCC45)C3)OC(=O)C3OC321. The summed E-state index contributed by atoms with van der Waals surface area (Å²) < 4.78 is 32.5. The molecule has 4 saturated carbocycles. The first-order valence-corrected chi connectivity index (χ1v) is 21.6. The topological polar surface area (TPSA) is 160 Å². The number of fused-ring (bicyclic) bond motifs is 5. The van der Waals surface area contributed by atoms with E-state index < -0.39 is 69.2 Å². The molecule has 10 aliphatic rings. The van der Waals surface area contributed by atoms with Gasteiger partial charge in [0, 0.05) is 47.4 Å². The predicted molar refractivity (Wildman–Crippen MR) is 198 cm³/mol. The van der Waals surface area contributed by atoms with Crippen LogP contribution >= 0.6 is 0 Å². The van der Waals surface area contributed by atoms with Gasteiger partial charge >= 0.3 is 11.9 Å². The van der Waals surface area contributed by atoms with Crippen LogP contribution in [0.3, 0.4) is 0 Å². The average molecular weight is 775 g/mol. The Balaban J connectivity index is 0.940. The van der Waals surface area contributed by atoms with Gasteiger partial charge in [0.05, 0.1) is 36.0 Å². The van der Waals surface area contributed by atoms with Crippen LogP contribution in [-0.2, 0) is 39.8 Å². The molecule has 9 fully saturated rings. The van der Waals surface area contributed by atoms with Gasteiger partial charge in [0.25, 0.3) is 0 Å². The zero-order valence-electron chi connectivity index (χ0n) is 33.2. The number of carbonyl (C=O) groups is 3. The highest BCUT2D eigenvalue weighted by atomic mass is 16.7. The van der Waals surface area contributed by atoms with Crippen LogP contribution in [0.4, 0.5) is 0 Å². The molecule has 7 heterocycles. The third-order valence-corrected chi connectivity index (χ3v) is 18.2. The lowest BCUT2D eigenvalue weighted by Gasteiger charge is -2.67. The van der Waals surface area contributed by atoms with E-state index in [0.717, 1.165) is 50.9 Å². The van der Waals surface area contributed by atoms with Crippen LogP contribution < -0.4 is 5.32 Å². The number of nitrogens with zero attached hydrogens (tertiary/aromatic N) is 1. The first-order chi connectivity index (χ1) is 26.8. The fourth-order valence-electron chi connectivity index (χ4n) is 15.9. The molecule has 304 valence electrons. The summed E-state index contributed by atoms with van der Waals surface area (Å²) in [5.74, 6) is 0.000401. The minimum Gasteiger partial charge on any atom is -0.469 e. The number of carbonyl (C=O) groups excluding carboxylic acids is 3. The summed E-state index contributed by atoms with van der Waals surface area (Å²) in [6, 6.07) is 2.43. The Morgan fingerprint density at radius 2 is 1.82 bits per heavy atom. The number of rotatable bonds is 5. The van der Waals surface area contributed by atoms with Crippen molar-refractivity contribution in [2.45, 2.75) is 134 Å². The van der Waals surface area contributed by atoms with Gasteiger partial charge in [-0.1, -0.05) is 32.8 Å². The zero-order chi connectivity index (χ0) is 38.8. The van der Waals surface area contributed by atoms with Crippen molar-refractivity contribution in [1.29, 1.82) is 0 Å². The molecular weight excluding hydrogens is 716 g/mol. The van der Waals surface area contributed by atoms with Crippen molar-refractivity contribution in [3.8, 4) is 0 Å². The maximum absolute atomic E-state index is 15.0. The smallest absolute Gasteiger partial charge is 0.339 e. The summed E-state index contributed by atoms with van der Waals surface area (Å²) in [4.78, 5) is 45.3. The van der Waals surface area contributed by atoms with Crippen LogP contribution in [0, 0.1) is 57.2 Å². The molecule has 1 aromatic heterocycles. The quantitative estimate of drug-likeness (QED) is 0.289. The summed E-state index contributed by atoms with van der Waals surface area (Å²) in [5, 5.41) is 26.9. The monoisotopic (exact) mass is 774 g/mol. The van der Waals surface area contributed by atoms with E-state index in [4.69, 9.17) is 23.4 Å². The van der Waals surface area contributed by atoms with Gasteiger partial charge in [0.15, 0.2) is 11.9 Å². The first-order valence-electron chi connectivity index (χ1n) is 21.6. The lowest BCUT2D eigenvalue weighted by molar-refractivity contribution is -0.264. The number of aliphatic hydroxyl groups excluding tert-OH is 2. The molecule has 15 atom stereocenters. The van der Waals surface area contributed by atoms with Gasteiger partial charge in [-0.05, 0) is 101 Å². The predicted octanol–water partition coefficient (Wildman–Crippen LogP) is 4.22. The van der Waals surface area contributed by atoms with Crippen molar-refractivity contribution in [3.05, 3.63) is 35.9 Å². The van der Waals surface area contributed by atoms with E-state index in [2.05, 4.69) is 29.4 Å². The molecule has 1 aromatic rings. The number of hydrogen-bond acceptors (Lipinski definition) is 12. The normalized spacial score (nSPS) is 49.5. The van der Waals surface area contributed by atoms with Crippen LogP contribution in [0.5, 0.6) is 0 Å². The van der Waals surface area contributed by atoms with Crippen molar-refractivity contribution in [1.82, 2.24) is 10.2 Å². The van der Waals surface area contributed by atoms with Crippen molar-refractivity contribution >= 4 is 17.7 Å². The third kappa shape index (κ3) is 4.16. The minimum absolute atomic E-state index is 0.0263. The van der Waals surface area contributed by atoms with Crippen molar-refractivity contribution in [2.75, 3.05) is 26.4 Å². The highest BCUT2D eigenvalue weighted by Crippen LogP contribution is 2.81. The van der Waals surface area contributed by atoms with E-state index in [1.54, 1.807) is 6.26 Å². The Kier molecular flexibility index (Phi) is 7.59. The second-order valence-electron chi connectivity index (χ2n) is 20.6. The Bertz CT molecular complexity index is 1890. The van der Waals surface area contributed by atoms with Gasteiger partial charge in [0.2, 0.25) is 0 Å². The van der Waals surface area contributed by atoms with Gasteiger partial charge < -0.3 is 38.5 Å². The summed E-state index contributed by atoms with van der Waals surface area (Å²) in [6.07, 6.45) is 10.5. The van der Waals surface area contributed by atoms with E-state index in [1.807, 2.05) is 26.8 Å². The van der Waals surface area contributed by atoms with E-state index in [1.165, 1.54) is 0 Å². The average Bonchev–Trinajstić information content (AvgIpc) is 3.60. The minimum atomic E-state index is -1.43. The molecule has 0 aromatic carbocycles. The second-order valence-corrected chi connectivity index (χ2v) is 20.6. The lowest BCUT2D eigenvalue weighted by Crippen LogP contribution is -2.77. The molecule has 0 amide bonds. The molecule has 3 spiro atoms. The van der Waals surface area contributed by atoms with Gasteiger partial charge in [0.1, 0.15) is 30.2 Å². The Labute approximate surface area is 328 Å². The van der Waals surface area contributed by atoms with E-state index in [0.29, 0.717) is 61.7 Å². The molecule has 11 rings (SSSR count). The van der Waals surface area contributed by atoms with Crippen molar-refractivity contribution in [2.24, 2.45) is 57.2 Å². The highest BCUT2D eigenvalue weighted by molar-refractivity contribution is 5.92. The number of allylic oxidation sites excluding steroid dienone is 1. The summed E-state index contributed by atoms with van der Waals surface area (Å²) >= 11 is 0. The van der Waals surface area contributed by atoms with Gasteiger partial charge in [-0.3, -0.25) is 14.9 Å². The third-order valence-electron chi connectivity index (χ3n) is 18.2. The van der Waals surface area contributed by atoms with Crippen LogP contribution in [0.15, 0.2) is 29.0 Å². The lowest BCUT2D eigenvalue weighted by atomic mass is 9.35. The van der Waals surface area contributed by atoms with Crippen LogP contribution in [0.1, 0.15) is 103 Å². The number of nitrogens with one attached hydrogen (secondary N) is 1. The second kappa shape index (κ2) is 11.7. The number of ether oxygens (including phenoxy) is 4. The summed E-state index contributed by atoms with van der Waals surface area (Å²) in [5.41, 5.74) is -5.17. The number of epoxide rings is 1. The number of cyclic esters (lactones) is 2. The van der Waals surface area contributed by atoms with Gasteiger partial charge in [-0.25, -0.2) is 4.79 Å². The van der Waals surface area contributed by atoms with E-state index in [9.17, 15) is 24.6 Å². The Morgan fingerprint density at radius 3 is 2.61 bits per heavy atom. The van der Waals surface area contributed by atoms with Gasteiger partial charge in [-0.15, -0.1) is 0 Å². The number of ketones is 1. The molecule has 6 aliphatic heterocycles. The molecule has 3 N–H and O–H groups in total. The van der Waals surface area contributed by atoms with Crippen LogP contribution in [0.2, 0.25) is 0 Å². The maximum Gasteiger partial charge on any atom is 0.339 e. The fourth-order valence-corrected chi connectivity index (χ4v) is 15.9. The first kappa shape index (κ1) is 36.3. The maximum atomic E-state index is 15.0. The summed E-state index contributed by atoms with van der Waals surface area (Å²) in [6.45, 7) is 9.89. The number of aliphatic hydroxyl groups is 2. The standard InChI is InChI=1S/C44H58N2O10/c1-39(2)32-31(48)33(49)41(4)30(43(32)21-53-38(51)42(37(43)56-39)12-5-6-13-42)9-14-40(3)34(54-36(50)35-44(40,41)55-35)27-11-16-52-29(27)18-25(20-47)23-7-8-26-24(17-23)10-15-46-22-45-19-28(26)46/h10-11,15-16,23-26,28,30,32-35,37,45,47,49H,5-9,12-14,17-22H2,1-4H3. The number of esters is 2. The number of Topliss-reactive ketones (excluding diaryl/α,β-unsaturated/α-hetero) is 1. The molecule has 4 aliphatic carbocycles. The van der Waals surface area contributed by atoms with Crippen LogP contribution in [0.25, 0.3) is 0 Å². The molecule has 12 heteroatoms. The Morgan fingerprint density at radius 1 is 1.02 bits per heavy atom. The molecule has 12 nitrogen and oxygen atoms in total. The largest absolute Gasteiger partial charge is 0.469 e. The van der Waals surface area contributed by atoms with Crippen molar-refractivity contribution < 1.29 is 48.0 Å². The van der Waals surface area contributed by atoms with E-state index in [-0.39, 0.29) is 36.8 Å². The summed E-state index contributed by atoms with van der Waals surface area (Å²) in [7, 11) is 0. The Hall–Kier alpha value is -2.77. The zero-order valence-corrected chi connectivity index (χ0v) is 33.2. The molecule has 0 radical (unpaired) electrons.